The van der Waals surface area contributed by atoms with Crippen molar-refractivity contribution in [2.45, 2.75) is 6.92 Å². The van der Waals surface area contributed by atoms with Gasteiger partial charge in [0.15, 0.2) is 0 Å². The van der Waals surface area contributed by atoms with E-state index in [4.69, 9.17) is 10.5 Å². The Bertz CT molecular complexity index is 350. The van der Waals surface area contributed by atoms with Crippen molar-refractivity contribution in [3.63, 3.8) is 0 Å². The van der Waals surface area contributed by atoms with E-state index in [2.05, 4.69) is 0 Å². The van der Waals surface area contributed by atoms with E-state index in [1.807, 2.05) is 0 Å². The number of primary amides is 1. The summed E-state index contributed by atoms with van der Waals surface area (Å²) in [6.07, 6.45) is 0. The van der Waals surface area contributed by atoms with E-state index >= 15 is 0 Å². The second-order valence-corrected chi connectivity index (χ2v) is 2.67. The molecular formula is C9H10FNO2. The van der Waals surface area contributed by atoms with Crippen molar-refractivity contribution in [1.82, 2.24) is 0 Å². The number of carbonyl (C=O) groups is 1. The third kappa shape index (κ3) is 1.77. The fourth-order valence-electron chi connectivity index (χ4n) is 1.06. The summed E-state index contributed by atoms with van der Waals surface area (Å²) in [6, 6.07) is 2.52. The van der Waals surface area contributed by atoms with E-state index in [0.29, 0.717) is 11.3 Å². The zero-order valence-corrected chi connectivity index (χ0v) is 7.43. The number of halogens is 1. The molecule has 70 valence electrons. The molecule has 0 aliphatic carbocycles. The molecule has 1 aromatic rings. The number of methoxy groups -OCH3 is 1. The van der Waals surface area contributed by atoms with Crippen LogP contribution in [0.15, 0.2) is 12.1 Å². The van der Waals surface area contributed by atoms with Crippen LogP contribution in [0.3, 0.4) is 0 Å². The Morgan fingerprint density at radius 2 is 2.15 bits per heavy atom. The Kier molecular flexibility index (Phi) is 2.51. The maximum absolute atomic E-state index is 13.1. The van der Waals surface area contributed by atoms with Gasteiger partial charge >= 0.3 is 0 Å². The van der Waals surface area contributed by atoms with Crippen molar-refractivity contribution >= 4 is 5.91 Å². The third-order valence-electron chi connectivity index (χ3n) is 1.75. The van der Waals surface area contributed by atoms with Crippen molar-refractivity contribution < 1.29 is 13.9 Å². The lowest BCUT2D eigenvalue weighted by Crippen LogP contribution is -2.13. The van der Waals surface area contributed by atoms with E-state index in [-0.39, 0.29) is 5.56 Å². The van der Waals surface area contributed by atoms with Gasteiger partial charge in [0.25, 0.3) is 5.91 Å². The van der Waals surface area contributed by atoms with Crippen molar-refractivity contribution in [3.05, 3.63) is 29.1 Å². The van der Waals surface area contributed by atoms with Crippen LogP contribution < -0.4 is 10.5 Å². The highest BCUT2D eigenvalue weighted by atomic mass is 19.1. The van der Waals surface area contributed by atoms with Crippen LogP contribution in [0.2, 0.25) is 0 Å². The van der Waals surface area contributed by atoms with Gasteiger partial charge < -0.3 is 10.5 Å². The molecule has 0 aromatic heterocycles. The molecule has 3 nitrogen and oxygen atoms in total. The maximum Gasteiger partial charge on any atom is 0.251 e. The maximum atomic E-state index is 13.1. The molecular weight excluding hydrogens is 173 g/mol. The highest BCUT2D eigenvalue weighted by Gasteiger charge is 2.11. The number of rotatable bonds is 2. The van der Waals surface area contributed by atoms with Gasteiger partial charge in [-0.1, -0.05) is 0 Å². The molecule has 0 aliphatic heterocycles. The van der Waals surface area contributed by atoms with Gasteiger partial charge in [-0.15, -0.1) is 0 Å². The van der Waals surface area contributed by atoms with E-state index < -0.39 is 11.7 Å². The van der Waals surface area contributed by atoms with Gasteiger partial charge in [0.1, 0.15) is 11.6 Å². The number of ether oxygens (including phenoxy) is 1. The Morgan fingerprint density at radius 1 is 1.54 bits per heavy atom. The number of carbonyl (C=O) groups excluding carboxylic acids is 1. The normalized spacial score (nSPS) is 9.77. The van der Waals surface area contributed by atoms with Gasteiger partial charge in [-0.2, -0.15) is 0 Å². The van der Waals surface area contributed by atoms with E-state index in [1.165, 1.54) is 19.2 Å². The predicted octanol–water partition coefficient (Wildman–Crippen LogP) is 1.24. The average molecular weight is 183 g/mol. The van der Waals surface area contributed by atoms with Gasteiger partial charge in [0, 0.05) is 0 Å². The minimum absolute atomic E-state index is 0.151. The molecule has 1 rings (SSSR count). The second-order valence-electron chi connectivity index (χ2n) is 2.67. The Balaban J connectivity index is 3.30. The molecule has 0 heterocycles. The van der Waals surface area contributed by atoms with E-state index in [0.717, 1.165) is 0 Å². The highest BCUT2D eigenvalue weighted by Crippen LogP contribution is 2.21. The third-order valence-corrected chi connectivity index (χ3v) is 1.75. The number of hydrogen-bond acceptors (Lipinski definition) is 2. The molecule has 0 aliphatic rings. The topological polar surface area (TPSA) is 52.3 Å². The van der Waals surface area contributed by atoms with Crippen LogP contribution in [0.4, 0.5) is 4.39 Å². The van der Waals surface area contributed by atoms with Gasteiger partial charge in [-0.3, -0.25) is 4.79 Å². The molecule has 0 atom stereocenters. The molecule has 0 spiro atoms. The smallest absolute Gasteiger partial charge is 0.251 e. The van der Waals surface area contributed by atoms with Crippen molar-refractivity contribution in [2.75, 3.05) is 7.11 Å². The largest absolute Gasteiger partial charge is 0.496 e. The molecule has 4 heteroatoms. The summed E-state index contributed by atoms with van der Waals surface area (Å²) in [5, 5.41) is 0. The lowest BCUT2D eigenvalue weighted by Gasteiger charge is -2.06. The van der Waals surface area contributed by atoms with Crippen LogP contribution in [0.5, 0.6) is 5.75 Å². The minimum Gasteiger partial charge on any atom is -0.496 e. The predicted molar refractivity (Wildman–Crippen MR) is 46.2 cm³/mol. The first-order valence-electron chi connectivity index (χ1n) is 3.70. The molecule has 0 unspecified atom stereocenters. The van der Waals surface area contributed by atoms with Crippen LogP contribution in [0, 0.1) is 12.7 Å². The van der Waals surface area contributed by atoms with Gasteiger partial charge in [-0.25, -0.2) is 4.39 Å². The van der Waals surface area contributed by atoms with Gasteiger partial charge in [-0.05, 0) is 24.6 Å². The number of benzene rings is 1. The summed E-state index contributed by atoms with van der Waals surface area (Å²) < 4.78 is 18.0. The van der Waals surface area contributed by atoms with Crippen LogP contribution in [0.1, 0.15) is 15.9 Å². The summed E-state index contributed by atoms with van der Waals surface area (Å²) in [4.78, 5) is 10.7. The molecule has 0 fully saturated rings. The number of hydrogen-bond donors (Lipinski definition) is 1. The first-order chi connectivity index (χ1) is 6.06. The summed E-state index contributed by atoms with van der Waals surface area (Å²) in [6.45, 7) is 1.69. The number of nitrogens with two attached hydrogens (primary N) is 1. The standard InChI is InChI=1S/C9H10FNO2/c1-5-3-7(10)6(9(11)12)4-8(5)13-2/h3-4H,1-2H3,(H2,11,12). The summed E-state index contributed by atoms with van der Waals surface area (Å²) in [5.74, 6) is -0.961. The molecule has 0 saturated carbocycles. The summed E-state index contributed by atoms with van der Waals surface area (Å²) in [5.41, 5.74) is 5.43. The van der Waals surface area contributed by atoms with Crippen LogP contribution in [-0.4, -0.2) is 13.0 Å². The molecule has 1 aromatic carbocycles. The fraction of sp³-hybridized carbons (Fsp3) is 0.222. The molecule has 2 N–H and O–H groups in total. The summed E-state index contributed by atoms with van der Waals surface area (Å²) in [7, 11) is 1.45. The first-order valence-corrected chi connectivity index (χ1v) is 3.70. The van der Waals surface area contributed by atoms with Crippen molar-refractivity contribution in [3.8, 4) is 5.75 Å². The average Bonchev–Trinajstić information content (AvgIpc) is 2.03. The number of aryl methyl sites for hydroxylation is 1. The second kappa shape index (κ2) is 3.43. The lowest BCUT2D eigenvalue weighted by atomic mass is 10.1. The zero-order valence-electron chi connectivity index (χ0n) is 7.43. The summed E-state index contributed by atoms with van der Waals surface area (Å²) >= 11 is 0. The Hall–Kier alpha value is -1.58. The molecule has 13 heavy (non-hydrogen) atoms. The Morgan fingerprint density at radius 3 is 2.62 bits per heavy atom. The van der Waals surface area contributed by atoms with Crippen molar-refractivity contribution in [1.29, 1.82) is 0 Å². The molecule has 1 amide bonds. The number of amides is 1. The Labute approximate surface area is 75.3 Å². The molecule has 0 bridgehead atoms. The lowest BCUT2D eigenvalue weighted by molar-refractivity contribution is 0.0996. The van der Waals surface area contributed by atoms with E-state index in [1.54, 1.807) is 6.92 Å². The van der Waals surface area contributed by atoms with E-state index in [9.17, 15) is 9.18 Å². The van der Waals surface area contributed by atoms with Crippen LogP contribution in [-0.2, 0) is 0 Å². The van der Waals surface area contributed by atoms with Crippen molar-refractivity contribution in [2.24, 2.45) is 5.73 Å². The first kappa shape index (κ1) is 9.51. The molecule has 0 saturated heterocycles. The zero-order chi connectivity index (χ0) is 10.0. The molecule has 0 radical (unpaired) electrons. The fourth-order valence-corrected chi connectivity index (χ4v) is 1.06. The van der Waals surface area contributed by atoms with Crippen LogP contribution >= 0.6 is 0 Å². The monoisotopic (exact) mass is 183 g/mol. The highest BCUT2D eigenvalue weighted by molar-refractivity contribution is 5.93. The minimum atomic E-state index is -0.796. The van der Waals surface area contributed by atoms with Gasteiger partial charge in [0.2, 0.25) is 0 Å². The SMILES string of the molecule is COc1cc(C(N)=O)c(F)cc1C. The quantitative estimate of drug-likeness (QED) is 0.750. The van der Waals surface area contributed by atoms with Crippen LogP contribution in [0.25, 0.3) is 0 Å². The van der Waals surface area contributed by atoms with Gasteiger partial charge in [0.05, 0.1) is 12.7 Å².